The molecule has 22 heavy (non-hydrogen) atoms. The number of nitrogens with one attached hydrogen (secondary N) is 2. The summed E-state index contributed by atoms with van der Waals surface area (Å²) in [5.41, 5.74) is 1.52. The van der Waals surface area contributed by atoms with E-state index in [4.69, 9.17) is 4.42 Å². The van der Waals surface area contributed by atoms with Crippen LogP contribution in [0.1, 0.15) is 45.6 Å². The summed E-state index contributed by atoms with van der Waals surface area (Å²) in [6, 6.07) is 2.93. The molecule has 0 spiro atoms. The SMILES string of the molecule is Cc1cc([C@@H](C)NC(=O)[C@@H](C)NC(=O)c2ccoc2)c(C)s1. The fourth-order valence-electron chi connectivity index (χ4n) is 2.24. The maximum absolute atomic E-state index is 12.2. The van der Waals surface area contributed by atoms with Gasteiger partial charge in [-0.05, 0) is 45.4 Å². The van der Waals surface area contributed by atoms with Crippen molar-refractivity contribution in [1.82, 2.24) is 10.6 Å². The van der Waals surface area contributed by atoms with E-state index in [2.05, 4.69) is 16.7 Å². The first-order valence-corrected chi connectivity index (χ1v) is 7.90. The average Bonchev–Trinajstić information content (AvgIpc) is 3.08. The minimum Gasteiger partial charge on any atom is -0.472 e. The van der Waals surface area contributed by atoms with Gasteiger partial charge in [0, 0.05) is 9.75 Å². The molecule has 2 rings (SSSR count). The Bertz CT molecular complexity index is 661. The predicted octanol–water partition coefficient (Wildman–Crippen LogP) is 2.95. The van der Waals surface area contributed by atoms with Crippen LogP contribution in [0, 0.1) is 13.8 Å². The molecule has 118 valence electrons. The Morgan fingerprint density at radius 2 is 1.95 bits per heavy atom. The van der Waals surface area contributed by atoms with Gasteiger partial charge in [-0.3, -0.25) is 9.59 Å². The average molecular weight is 320 g/mol. The van der Waals surface area contributed by atoms with Crippen LogP contribution in [-0.2, 0) is 4.79 Å². The lowest BCUT2D eigenvalue weighted by molar-refractivity contribution is -0.123. The van der Waals surface area contributed by atoms with E-state index in [9.17, 15) is 9.59 Å². The highest BCUT2D eigenvalue weighted by molar-refractivity contribution is 7.12. The summed E-state index contributed by atoms with van der Waals surface area (Å²) in [4.78, 5) is 26.5. The molecule has 2 heterocycles. The fourth-order valence-corrected chi connectivity index (χ4v) is 3.26. The summed E-state index contributed by atoms with van der Waals surface area (Å²) in [6.07, 6.45) is 2.77. The Hall–Kier alpha value is -2.08. The van der Waals surface area contributed by atoms with Gasteiger partial charge in [-0.25, -0.2) is 0 Å². The number of aryl methyl sites for hydroxylation is 2. The lowest BCUT2D eigenvalue weighted by atomic mass is 10.1. The van der Waals surface area contributed by atoms with Crippen LogP contribution in [-0.4, -0.2) is 17.9 Å². The van der Waals surface area contributed by atoms with Crippen molar-refractivity contribution < 1.29 is 14.0 Å². The van der Waals surface area contributed by atoms with Crippen LogP contribution in [0.25, 0.3) is 0 Å². The van der Waals surface area contributed by atoms with Crippen LogP contribution in [0.5, 0.6) is 0 Å². The van der Waals surface area contributed by atoms with Gasteiger partial charge < -0.3 is 15.1 Å². The minimum atomic E-state index is -0.620. The van der Waals surface area contributed by atoms with E-state index in [1.807, 2.05) is 20.8 Å². The molecular formula is C16H20N2O3S. The van der Waals surface area contributed by atoms with E-state index in [1.165, 1.54) is 22.3 Å². The number of hydrogen-bond donors (Lipinski definition) is 2. The third-order valence-corrected chi connectivity index (χ3v) is 4.41. The van der Waals surface area contributed by atoms with E-state index in [-0.39, 0.29) is 17.9 Å². The lowest BCUT2D eigenvalue weighted by Crippen LogP contribution is -2.45. The van der Waals surface area contributed by atoms with Gasteiger partial charge in [-0.2, -0.15) is 0 Å². The van der Waals surface area contributed by atoms with Gasteiger partial charge in [0.2, 0.25) is 5.91 Å². The molecule has 0 aliphatic rings. The quantitative estimate of drug-likeness (QED) is 0.890. The molecule has 2 atom stereocenters. The van der Waals surface area contributed by atoms with Gasteiger partial charge in [-0.15, -0.1) is 11.3 Å². The molecular weight excluding hydrogens is 300 g/mol. The number of carbonyl (C=O) groups is 2. The molecule has 0 saturated heterocycles. The second-order valence-corrected chi connectivity index (χ2v) is 6.77. The second kappa shape index (κ2) is 6.79. The van der Waals surface area contributed by atoms with Gasteiger partial charge >= 0.3 is 0 Å². The van der Waals surface area contributed by atoms with Crippen LogP contribution in [0.4, 0.5) is 0 Å². The lowest BCUT2D eigenvalue weighted by Gasteiger charge is -2.18. The first-order chi connectivity index (χ1) is 10.4. The molecule has 5 nitrogen and oxygen atoms in total. The Balaban J connectivity index is 1.93. The maximum Gasteiger partial charge on any atom is 0.255 e. The standard InChI is InChI=1S/C16H20N2O3S/c1-9-7-14(12(4)22-9)10(2)17-15(19)11(3)18-16(20)13-5-6-21-8-13/h5-8,10-11H,1-4H3,(H,17,19)(H,18,20)/t10-,11-/m1/s1. The maximum atomic E-state index is 12.2. The molecule has 0 unspecified atom stereocenters. The van der Waals surface area contributed by atoms with Crippen LogP contribution < -0.4 is 10.6 Å². The van der Waals surface area contributed by atoms with E-state index in [1.54, 1.807) is 24.3 Å². The number of hydrogen-bond acceptors (Lipinski definition) is 4. The molecule has 0 aliphatic carbocycles. The number of rotatable bonds is 5. The van der Waals surface area contributed by atoms with Gasteiger partial charge in [0.25, 0.3) is 5.91 Å². The van der Waals surface area contributed by atoms with Crippen LogP contribution in [0.3, 0.4) is 0 Å². The molecule has 2 amide bonds. The predicted molar refractivity (Wildman–Crippen MR) is 86.0 cm³/mol. The molecule has 0 aromatic carbocycles. The van der Waals surface area contributed by atoms with Crippen molar-refractivity contribution in [2.45, 2.75) is 39.8 Å². The normalized spacial score (nSPS) is 13.5. The van der Waals surface area contributed by atoms with Crippen molar-refractivity contribution >= 4 is 23.2 Å². The minimum absolute atomic E-state index is 0.0919. The molecule has 0 fully saturated rings. The van der Waals surface area contributed by atoms with Gasteiger partial charge in [0.1, 0.15) is 12.3 Å². The summed E-state index contributed by atoms with van der Waals surface area (Å²) >= 11 is 1.71. The monoisotopic (exact) mass is 320 g/mol. The Labute approximate surface area is 133 Å². The highest BCUT2D eigenvalue weighted by Crippen LogP contribution is 2.26. The first kappa shape index (κ1) is 16.3. The highest BCUT2D eigenvalue weighted by atomic mass is 32.1. The highest BCUT2D eigenvalue weighted by Gasteiger charge is 2.20. The summed E-state index contributed by atoms with van der Waals surface area (Å²) in [5.74, 6) is -0.542. The molecule has 0 aliphatic heterocycles. The van der Waals surface area contributed by atoms with Crippen LogP contribution >= 0.6 is 11.3 Å². The summed E-state index contributed by atoms with van der Waals surface area (Å²) in [7, 11) is 0. The third-order valence-electron chi connectivity index (χ3n) is 3.43. The summed E-state index contributed by atoms with van der Waals surface area (Å²) in [5, 5.41) is 5.58. The molecule has 2 aromatic rings. The molecule has 0 bridgehead atoms. The zero-order valence-electron chi connectivity index (χ0n) is 13.1. The van der Waals surface area contributed by atoms with Crippen molar-refractivity contribution in [1.29, 1.82) is 0 Å². The topological polar surface area (TPSA) is 71.3 Å². The number of amides is 2. The van der Waals surface area contributed by atoms with Crippen molar-refractivity contribution in [2.75, 3.05) is 0 Å². The summed E-state index contributed by atoms with van der Waals surface area (Å²) < 4.78 is 4.86. The van der Waals surface area contributed by atoms with Crippen molar-refractivity contribution in [3.8, 4) is 0 Å². The van der Waals surface area contributed by atoms with E-state index >= 15 is 0 Å². The van der Waals surface area contributed by atoms with Crippen molar-refractivity contribution in [2.24, 2.45) is 0 Å². The smallest absolute Gasteiger partial charge is 0.255 e. The summed E-state index contributed by atoms with van der Waals surface area (Å²) in [6.45, 7) is 7.69. The van der Waals surface area contributed by atoms with E-state index in [0.717, 1.165) is 5.56 Å². The van der Waals surface area contributed by atoms with Crippen molar-refractivity contribution in [3.05, 3.63) is 45.5 Å². The number of thiophene rings is 1. The molecule has 0 saturated carbocycles. The van der Waals surface area contributed by atoms with E-state index in [0.29, 0.717) is 5.56 Å². The first-order valence-electron chi connectivity index (χ1n) is 7.09. The zero-order chi connectivity index (χ0) is 16.3. The zero-order valence-corrected chi connectivity index (χ0v) is 13.9. The third kappa shape index (κ3) is 3.76. The molecule has 0 radical (unpaired) electrons. The second-order valence-electron chi connectivity index (χ2n) is 5.31. The van der Waals surface area contributed by atoms with E-state index < -0.39 is 6.04 Å². The Kier molecular flexibility index (Phi) is 5.03. The Morgan fingerprint density at radius 3 is 2.50 bits per heavy atom. The van der Waals surface area contributed by atoms with Crippen LogP contribution in [0.15, 0.2) is 29.1 Å². The number of furan rings is 1. The molecule has 2 N–H and O–H groups in total. The van der Waals surface area contributed by atoms with Gasteiger partial charge in [0.05, 0.1) is 17.9 Å². The van der Waals surface area contributed by atoms with Crippen LogP contribution in [0.2, 0.25) is 0 Å². The fraction of sp³-hybridized carbons (Fsp3) is 0.375. The van der Waals surface area contributed by atoms with Gasteiger partial charge in [-0.1, -0.05) is 0 Å². The molecule has 2 aromatic heterocycles. The largest absolute Gasteiger partial charge is 0.472 e. The Morgan fingerprint density at radius 1 is 1.23 bits per heavy atom. The molecule has 6 heteroatoms. The van der Waals surface area contributed by atoms with Crippen molar-refractivity contribution in [3.63, 3.8) is 0 Å². The number of carbonyl (C=O) groups excluding carboxylic acids is 2. The van der Waals surface area contributed by atoms with Gasteiger partial charge in [0.15, 0.2) is 0 Å².